The van der Waals surface area contributed by atoms with E-state index < -0.39 is 6.10 Å². The highest BCUT2D eigenvalue weighted by molar-refractivity contribution is 7.09. The van der Waals surface area contributed by atoms with Crippen LogP contribution < -0.4 is 4.90 Å². The van der Waals surface area contributed by atoms with Crippen molar-refractivity contribution in [2.45, 2.75) is 12.6 Å². The first-order valence-corrected chi connectivity index (χ1v) is 10.1. The minimum Gasteiger partial charge on any atom is -0.381 e. The molecule has 1 fully saturated rings. The van der Waals surface area contributed by atoms with E-state index in [1.54, 1.807) is 35.8 Å². The molecule has 7 heteroatoms. The highest BCUT2D eigenvalue weighted by Crippen LogP contribution is 2.34. The lowest BCUT2D eigenvalue weighted by molar-refractivity contribution is 0.218. The van der Waals surface area contributed by atoms with Gasteiger partial charge in [0.25, 0.3) is 0 Å². The molecular formula is C21H21F2N3OS. The van der Waals surface area contributed by atoms with Gasteiger partial charge in [0, 0.05) is 49.9 Å². The molecule has 1 aliphatic heterocycles. The van der Waals surface area contributed by atoms with Gasteiger partial charge in [-0.3, -0.25) is 4.90 Å². The summed E-state index contributed by atoms with van der Waals surface area (Å²) < 4.78 is 28.1. The number of thiazole rings is 1. The number of para-hydroxylation sites is 1. The van der Waals surface area contributed by atoms with Crippen LogP contribution in [0, 0.1) is 11.6 Å². The summed E-state index contributed by atoms with van der Waals surface area (Å²) in [5.41, 5.74) is 1.91. The van der Waals surface area contributed by atoms with Crippen LogP contribution in [-0.4, -0.2) is 41.2 Å². The van der Waals surface area contributed by atoms with Crippen LogP contribution in [-0.2, 0) is 6.54 Å². The third-order valence-corrected chi connectivity index (χ3v) is 5.81. The summed E-state index contributed by atoms with van der Waals surface area (Å²) in [6, 6.07) is 11.4. The molecule has 1 atom stereocenters. The van der Waals surface area contributed by atoms with E-state index in [0.717, 1.165) is 18.7 Å². The van der Waals surface area contributed by atoms with Crippen molar-refractivity contribution in [3.63, 3.8) is 0 Å². The Morgan fingerprint density at radius 2 is 1.86 bits per heavy atom. The second-order valence-electron chi connectivity index (χ2n) is 6.84. The molecule has 1 aliphatic rings. The average molecular weight is 401 g/mol. The van der Waals surface area contributed by atoms with Gasteiger partial charge in [0.05, 0.1) is 5.69 Å². The molecule has 0 bridgehead atoms. The molecule has 1 N–H and O–H groups in total. The van der Waals surface area contributed by atoms with Crippen LogP contribution in [0.25, 0.3) is 0 Å². The van der Waals surface area contributed by atoms with Crippen LogP contribution in [0.15, 0.2) is 54.0 Å². The Bertz CT molecular complexity index is 927. The third kappa shape index (κ3) is 4.06. The molecular weight excluding hydrogens is 380 g/mol. The van der Waals surface area contributed by atoms with E-state index in [2.05, 4.69) is 9.88 Å². The molecule has 2 heterocycles. The highest BCUT2D eigenvalue weighted by atomic mass is 32.1. The molecule has 0 unspecified atom stereocenters. The van der Waals surface area contributed by atoms with Crippen molar-refractivity contribution in [3.05, 3.63) is 81.8 Å². The summed E-state index contributed by atoms with van der Waals surface area (Å²) in [7, 11) is 0. The summed E-state index contributed by atoms with van der Waals surface area (Å²) in [5.74, 6) is -0.574. The number of nitrogens with zero attached hydrogens (tertiary/aromatic N) is 3. The fraction of sp³-hybridized carbons (Fsp3) is 0.286. The van der Waals surface area contributed by atoms with Crippen LogP contribution >= 0.6 is 11.3 Å². The van der Waals surface area contributed by atoms with Gasteiger partial charge in [-0.05, 0) is 23.8 Å². The first kappa shape index (κ1) is 19.0. The molecule has 146 valence electrons. The van der Waals surface area contributed by atoms with Crippen molar-refractivity contribution in [1.29, 1.82) is 0 Å². The summed E-state index contributed by atoms with van der Waals surface area (Å²) in [5, 5.41) is 13.0. The van der Waals surface area contributed by atoms with Crippen LogP contribution in [0.4, 0.5) is 14.5 Å². The summed E-state index contributed by atoms with van der Waals surface area (Å²) in [6.07, 6.45) is 0.684. The van der Waals surface area contributed by atoms with E-state index in [0.29, 0.717) is 35.9 Å². The Balaban J connectivity index is 1.49. The lowest BCUT2D eigenvalue weighted by Gasteiger charge is -2.37. The van der Waals surface area contributed by atoms with Gasteiger partial charge in [0.2, 0.25) is 0 Å². The Labute approximate surface area is 166 Å². The van der Waals surface area contributed by atoms with Gasteiger partial charge in [0.1, 0.15) is 22.7 Å². The highest BCUT2D eigenvalue weighted by Gasteiger charge is 2.26. The standard InChI is InChI=1S/C21H21F2N3OS/c22-16-4-1-3-15(13-16)14-25-8-10-26(11-9-25)19-17(5-2-6-18(19)23)20(27)21-24-7-12-28-21/h1-7,12-13,20,27H,8-11,14H2/t20-/m1/s1. The molecule has 1 aromatic heterocycles. The van der Waals surface area contributed by atoms with Crippen molar-refractivity contribution >= 4 is 17.0 Å². The lowest BCUT2D eigenvalue weighted by Crippen LogP contribution is -2.46. The SMILES string of the molecule is O[C@@H](c1nccs1)c1cccc(F)c1N1CCN(Cc2cccc(F)c2)CC1. The monoisotopic (exact) mass is 401 g/mol. The molecule has 2 aromatic carbocycles. The van der Waals surface area contributed by atoms with Gasteiger partial charge in [-0.2, -0.15) is 0 Å². The predicted molar refractivity (Wildman–Crippen MR) is 106 cm³/mol. The van der Waals surface area contributed by atoms with Crippen LogP contribution in [0.5, 0.6) is 0 Å². The molecule has 4 nitrogen and oxygen atoms in total. The average Bonchev–Trinajstić information content (AvgIpc) is 3.23. The van der Waals surface area contributed by atoms with Gasteiger partial charge in [-0.1, -0.05) is 24.3 Å². The summed E-state index contributed by atoms with van der Waals surface area (Å²) >= 11 is 1.35. The molecule has 3 aromatic rings. The van der Waals surface area contributed by atoms with E-state index in [9.17, 15) is 13.9 Å². The van der Waals surface area contributed by atoms with Gasteiger partial charge in [0.15, 0.2) is 0 Å². The first-order chi connectivity index (χ1) is 13.6. The van der Waals surface area contributed by atoms with Crippen molar-refractivity contribution in [3.8, 4) is 0 Å². The van der Waals surface area contributed by atoms with Gasteiger partial charge >= 0.3 is 0 Å². The number of anilines is 1. The number of hydrogen-bond acceptors (Lipinski definition) is 5. The van der Waals surface area contributed by atoms with E-state index in [1.807, 2.05) is 11.0 Å². The van der Waals surface area contributed by atoms with E-state index in [-0.39, 0.29) is 11.6 Å². The van der Waals surface area contributed by atoms with Crippen molar-refractivity contribution in [2.75, 3.05) is 31.1 Å². The summed E-state index contributed by atoms with van der Waals surface area (Å²) in [4.78, 5) is 8.36. The third-order valence-electron chi connectivity index (χ3n) is 4.98. The number of halogens is 2. The zero-order chi connectivity index (χ0) is 19.5. The Morgan fingerprint density at radius 1 is 1.07 bits per heavy atom. The molecule has 0 spiro atoms. The molecule has 28 heavy (non-hydrogen) atoms. The van der Waals surface area contributed by atoms with E-state index >= 15 is 0 Å². The second-order valence-corrected chi connectivity index (χ2v) is 7.77. The molecule has 4 rings (SSSR count). The number of hydrogen-bond donors (Lipinski definition) is 1. The fourth-order valence-electron chi connectivity index (χ4n) is 3.61. The maximum absolute atomic E-state index is 14.7. The van der Waals surface area contributed by atoms with Crippen molar-refractivity contribution in [1.82, 2.24) is 9.88 Å². The second kappa shape index (κ2) is 8.34. The molecule has 0 saturated carbocycles. The van der Waals surface area contributed by atoms with E-state index in [4.69, 9.17) is 0 Å². The lowest BCUT2D eigenvalue weighted by atomic mass is 10.0. The molecule has 0 radical (unpaired) electrons. The van der Waals surface area contributed by atoms with Crippen LogP contribution in [0.2, 0.25) is 0 Å². The molecule has 0 aliphatic carbocycles. The Morgan fingerprint density at radius 3 is 2.57 bits per heavy atom. The normalized spacial score (nSPS) is 16.3. The van der Waals surface area contributed by atoms with Crippen LogP contribution in [0.1, 0.15) is 22.2 Å². The Hall–Kier alpha value is -2.35. The number of benzene rings is 2. The quantitative estimate of drug-likeness (QED) is 0.706. The summed E-state index contributed by atoms with van der Waals surface area (Å²) in [6.45, 7) is 3.40. The van der Waals surface area contributed by atoms with E-state index in [1.165, 1.54) is 23.5 Å². The van der Waals surface area contributed by atoms with Gasteiger partial charge in [-0.15, -0.1) is 11.3 Å². The topological polar surface area (TPSA) is 39.6 Å². The van der Waals surface area contributed by atoms with Crippen LogP contribution in [0.3, 0.4) is 0 Å². The smallest absolute Gasteiger partial charge is 0.146 e. The van der Waals surface area contributed by atoms with Crippen molar-refractivity contribution in [2.24, 2.45) is 0 Å². The number of aromatic nitrogens is 1. The van der Waals surface area contributed by atoms with Gasteiger partial charge < -0.3 is 10.0 Å². The van der Waals surface area contributed by atoms with Crippen molar-refractivity contribution < 1.29 is 13.9 Å². The zero-order valence-electron chi connectivity index (χ0n) is 15.3. The first-order valence-electron chi connectivity index (χ1n) is 9.19. The maximum Gasteiger partial charge on any atom is 0.146 e. The Kier molecular flexibility index (Phi) is 5.66. The minimum atomic E-state index is -0.948. The zero-order valence-corrected chi connectivity index (χ0v) is 16.1. The number of piperazine rings is 1. The number of rotatable bonds is 5. The molecule has 1 saturated heterocycles. The largest absolute Gasteiger partial charge is 0.381 e. The predicted octanol–water partition coefficient (Wildman–Crippen LogP) is 3.83. The minimum absolute atomic E-state index is 0.233. The number of aliphatic hydroxyl groups excluding tert-OH is 1. The van der Waals surface area contributed by atoms with Gasteiger partial charge in [-0.25, -0.2) is 13.8 Å². The molecule has 0 amide bonds. The fourth-order valence-corrected chi connectivity index (χ4v) is 4.25. The number of aliphatic hydroxyl groups is 1. The maximum atomic E-state index is 14.7.